The van der Waals surface area contributed by atoms with Gasteiger partial charge in [-0.2, -0.15) is 0 Å². The van der Waals surface area contributed by atoms with E-state index >= 15 is 0 Å². The number of hydrogen-bond acceptors (Lipinski definition) is 3. The van der Waals surface area contributed by atoms with Crippen LogP contribution in [0.1, 0.15) is 37.3 Å². The first kappa shape index (κ1) is 24.0. The molecule has 0 heterocycles. The maximum absolute atomic E-state index is 12.2. The minimum atomic E-state index is 0. The van der Waals surface area contributed by atoms with Crippen LogP contribution < -0.4 is 20.7 Å². The van der Waals surface area contributed by atoms with Crippen molar-refractivity contribution in [3.8, 4) is 5.75 Å². The van der Waals surface area contributed by atoms with Crippen LogP contribution in [-0.2, 0) is 17.9 Å². The molecular weight excluding hydrogens is 491 g/mol. The highest BCUT2D eigenvalue weighted by Gasteiger charge is 2.25. The minimum absolute atomic E-state index is 0. The highest BCUT2D eigenvalue weighted by molar-refractivity contribution is 14.0. The van der Waals surface area contributed by atoms with Gasteiger partial charge in [0.25, 0.3) is 0 Å². The Hall–Kier alpha value is -2.29. The number of methoxy groups -OCH3 is 1. The molecule has 0 atom stereocenters. The lowest BCUT2D eigenvalue weighted by atomic mass is 9.85. The van der Waals surface area contributed by atoms with Crippen molar-refractivity contribution in [2.75, 3.05) is 19.0 Å². The van der Waals surface area contributed by atoms with Crippen LogP contribution in [0.2, 0.25) is 0 Å². The molecule has 3 rings (SSSR count). The van der Waals surface area contributed by atoms with Gasteiger partial charge in [-0.1, -0.05) is 30.7 Å². The molecule has 7 heteroatoms. The second-order valence-electron chi connectivity index (χ2n) is 7.22. The number of aliphatic imine (C=N–C) groups is 1. The largest absolute Gasteiger partial charge is 0.497 e. The van der Waals surface area contributed by atoms with Crippen LogP contribution in [0.15, 0.2) is 53.5 Å². The third-order valence-corrected chi connectivity index (χ3v) is 5.03. The Labute approximate surface area is 195 Å². The van der Waals surface area contributed by atoms with Gasteiger partial charge in [-0.15, -0.1) is 24.0 Å². The number of carbonyl (C=O) groups excluding carboxylic acids is 1. The summed E-state index contributed by atoms with van der Waals surface area (Å²) in [4.78, 5) is 16.8. The molecule has 0 bridgehead atoms. The molecule has 0 aromatic heterocycles. The van der Waals surface area contributed by atoms with Crippen molar-refractivity contribution in [2.24, 2.45) is 10.9 Å². The number of anilines is 1. The molecule has 2 aromatic carbocycles. The predicted octanol–water partition coefficient (Wildman–Crippen LogP) is 4.31. The monoisotopic (exact) mass is 522 g/mol. The molecule has 1 amide bonds. The number of carbonyl (C=O) groups is 1. The number of guanidine groups is 1. The van der Waals surface area contributed by atoms with Gasteiger partial charge < -0.3 is 20.7 Å². The number of hydrogen-bond donors (Lipinski definition) is 3. The number of nitrogens with zero attached hydrogens (tertiary/aromatic N) is 1. The molecule has 3 N–H and O–H groups in total. The maximum atomic E-state index is 12.2. The van der Waals surface area contributed by atoms with E-state index in [4.69, 9.17) is 4.74 Å². The zero-order chi connectivity index (χ0) is 20.5. The summed E-state index contributed by atoms with van der Waals surface area (Å²) in [7, 11) is 1.67. The van der Waals surface area contributed by atoms with Gasteiger partial charge in [0.1, 0.15) is 5.75 Å². The zero-order valence-corrected chi connectivity index (χ0v) is 19.9. The van der Waals surface area contributed by atoms with E-state index in [2.05, 4.69) is 20.9 Å². The van der Waals surface area contributed by atoms with Gasteiger partial charge in [-0.25, -0.2) is 4.99 Å². The van der Waals surface area contributed by atoms with E-state index in [1.807, 2.05) is 55.5 Å². The van der Waals surface area contributed by atoms with Gasteiger partial charge >= 0.3 is 0 Å². The van der Waals surface area contributed by atoms with Crippen molar-refractivity contribution in [1.29, 1.82) is 0 Å². The Bertz CT molecular complexity index is 853. The van der Waals surface area contributed by atoms with Crippen molar-refractivity contribution < 1.29 is 9.53 Å². The Morgan fingerprint density at radius 3 is 2.57 bits per heavy atom. The van der Waals surface area contributed by atoms with Gasteiger partial charge in [-0.05, 0) is 55.2 Å². The summed E-state index contributed by atoms with van der Waals surface area (Å²) in [5, 5.41) is 9.64. The molecule has 1 aliphatic carbocycles. The fourth-order valence-corrected chi connectivity index (χ4v) is 3.14. The Balaban J connectivity index is 0.00000320. The second kappa shape index (κ2) is 12.4. The third kappa shape index (κ3) is 7.19. The van der Waals surface area contributed by atoms with Crippen LogP contribution in [0, 0.1) is 5.92 Å². The Kier molecular flexibility index (Phi) is 9.93. The number of halogens is 1. The molecule has 0 saturated heterocycles. The molecule has 30 heavy (non-hydrogen) atoms. The summed E-state index contributed by atoms with van der Waals surface area (Å²) in [5.41, 5.74) is 3.01. The van der Waals surface area contributed by atoms with Crippen LogP contribution >= 0.6 is 24.0 Å². The second-order valence-corrected chi connectivity index (χ2v) is 7.22. The Morgan fingerprint density at radius 2 is 1.87 bits per heavy atom. The van der Waals surface area contributed by atoms with Crippen LogP contribution in [0.4, 0.5) is 5.69 Å². The number of nitrogens with one attached hydrogen (secondary N) is 3. The standard InChI is InChI=1S/C23H30N4O2.HI/c1-3-24-23(26-16-18-8-5-12-21(14-18)29-2)25-15-17-7-4-11-20(13-17)27-22(28)19-9-6-10-19;/h4-5,7-8,11-14,19H,3,6,9-10,15-16H2,1-2H3,(H,27,28)(H2,24,25,26);1H. The topological polar surface area (TPSA) is 74.8 Å². The summed E-state index contributed by atoms with van der Waals surface area (Å²) >= 11 is 0. The summed E-state index contributed by atoms with van der Waals surface area (Å²) in [6.45, 7) is 4.00. The number of amides is 1. The van der Waals surface area contributed by atoms with E-state index in [9.17, 15) is 4.79 Å². The van der Waals surface area contributed by atoms with Crippen LogP contribution in [0.3, 0.4) is 0 Å². The summed E-state index contributed by atoms with van der Waals surface area (Å²) < 4.78 is 5.28. The van der Waals surface area contributed by atoms with E-state index in [0.29, 0.717) is 13.1 Å². The smallest absolute Gasteiger partial charge is 0.227 e. The number of rotatable bonds is 8. The molecule has 2 aromatic rings. The molecule has 1 aliphatic rings. The lowest BCUT2D eigenvalue weighted by Gasteiger charge is -2.24. The fraction of sp³-hybridized carbons (Fsp3) is 0.391. The number of benzene rings is 2. The van der Waals surface area contributed by atoms with Gasteiger partial charge in [0.05, 0.1) is 13.7 Å². The summed E-state index contributed by atoms with van der Waals surface area (Å²) in [5.74, 6) is 1.90. The summed E-state index contributed by atoms with van der Waals surface area (Å²) in [6, 6.07) is 15.9. The molecule has 1 saturated carbocycles. The van der Waals surface area contributed by atoms with Crippen LogP contribution in [-0.4, -0.2) is 25.5 Å². The van der Waals surface area contributed by atoms with Gasteiger partial charge in [-0.3, -0.25) is 4.79 Å². The Morgan fingerprint density at radius 1 is 1.10 bits per heavy atom. The lowest BCUT2D eigenvalue weighted by Crippen LogP contribution is -2.36. The lowest BCUT2D eigenvalue weighted by molar-refractivity contribution is -0.122. The minimum Gasteiger partial charge on any atom is -0.497 e. The third-order valence-electron chi connectivity index (χ3n) is 5.03. The van der Waals surface area contributed by atoms with Crippen LogP contribution in [0.25, 0.3) is 0 Å². The molecule has 0 radical (unpaired) electrons. The zero-order valence-electron chi connectivity index (χ0n) is 17.6. The number of ether oxygens (including phenoxy) is 1. The predicted molar refractivity (Wildman–Crippen MR) is 132 cm³/mol. The first-order chi connectivity index (χ1) is 14.2. The van der Waals surface area contributed by atoms with E-state index in [-0.39, 0.29) is 35.8 Å². The van der Waals surface area contributed by atoms with Crippen molar-refractivity contribution in [1.82, 2.24) is 10.6 Å². The summed E-state index contributed by atoms with van der Waals surface area (Å²) in [6.07, 6.45) is 3.16. The van der Waals surface area contributed by atoms with E-state index in [1.54, 1.807) is 7.11 Å². The van der Waals surface area contributed by atoms with Crippen molar-refractivity contribution in [3.63, 3.8) is 0 Å². The molecule has 162 valence electrons. The van der Waals surface area contributed by atoms with Crippen molar-refractivity contribution >= 4 is 41.5 Å². The molecule has 6 nitrogen and oxygen atoms in total. The average Bonchev–Trinajstić information content (AvgIpc) is 2.69. The maximum Gasteiger partial charge on any atom is 0.227 e. The highest BCUT2D eigenvalue weighted by Crippen LogP contribution is 2.27. The van der Waals surface area contributed by atoms with Gasteiger partial charge in [0.2, 0.25) is 5.91 Å². The van der Waals surface area contributed by atoms with Crippen molar-refractivity contribution in [2.45, 2.75) is 39.3 Å². The van der Waals surface area contributed by atoms with Gasteiger partial charge in [0, 0.05) is 24.7 Å². The molecule has 1 fully saturated rings. The van der Waals surface area contributed by atoms with Crippen LogP contribution in [0.5, 0.6) is 5.75 Å². The first-order valence-electron chi connectivity index (χ1n) is 10.2. The SMILES string of the molecule is CCNC(=NCc1cccc(NC(=O)C2CCC2)c1)NCc1cccc(OC)c1.I. The van der Waals surface area contributed by atoms with E-state index < -0.39 is 0 Å². The molecule has 0 spiro atoms. The van der Waals surface area contributed by atoms with Crippen molar-refractivity contribution in [3.05, 3.63) is 59.7 Å². The molecule has 0 unspecified atom stereocenters. The molecular formula is C23H31IN4O2. The fourth-order valence-electron chi connectivity index (χ4n) is 3.14. The average molecular weight is 522 g/mol. The molecule has 0 aliphatic heterocycles. The first-order valence-corrected chi connectivity index (χ1v) is 10.2. The highest BCUT2D eigenvalue weighted by atomic mass is 127. The van der Waals surface area contributed by atoms with E-state index in [0.717, 1.165) is 54.3 Å². The van der Waals surface area contributed by atoms with E-state index in [1.165, 1.54) is 0 Å². The quantitative estimate of drug-likeness (QED) is 0.275. The van der Waals surface area contributed by atoms with Gasteiger partial charge in [0.15, 0.2) is 5.96 Å². The normalized spacial score (nSPS) is 13.6.